The van der Waals surface area contributed by atoms with Crippen LogP contribution in [0.5, 0.6) is 0 Å². The maximum Gasteiger partial charge on any atom is 0.221 e. The number of amides is 3. The summed E-state index contributed by atoms with van der Waals surface area (Å²) in [6, 6.07) is 9.69. The Kier molecular flexibility index (Phi) is 8.42. The standard InChI is InChI=1S/C17H25N3O3/c1-14(21)18-10-6-11-19-17(23)9-12-20(15(2)22)13-16-7-4-3-5-8-16/h3-5,7-8H,6,9-13H2,1-2H3,(H,18,21)(H,19,23). The molecule has 23 heavy (non-hydrogen) atoms. The van der Waals surface area contributed by atoms with Crippen molar-refractivity contribution in [1.29, 1.82) is 0 Å². The van der Waals surface area contributed by atoms with E-state index < -0.39 is 0 Å². The number of hydrogen-bond acceptors (Lipinski definition) is 3. The third-order valence-corrected chi connectivity index (χ3v) is 3.32. The van der Waals surface area contributed by atoms with Crippen LogP contribution in [0, 0.1) is 0 Å². The predicted octanol–water partition coefficient (Wildman–Crippen LogP) is 1.07. The van der Waals surface area contributed by atoms with Gasteiger partial charge in [0.25, 0.3) is 0 Å². The van der Waals surface area contributed by atoms with Crippen LogP contribution < -0.4 is 10.6 Å². The molecule has 0 saturated carbocycles. The van der Waals surface area contributed by atoms with Crippen LogP contribution in [0.15, 0.2) is 30.3 Å². The summed E-state index contributed by atoms with van der Waals surface area (Å²) >= 11 is 0. The SMILES string of the molecule is CC(=O)NCCCNC(=O)CCN(Cc1ccccc1)C(C)=O. The van der Waals surface area contributed by atoms with Gasteiger partial charge in [0.2, 0.25) is 17.7 Å². The molecule has 0 unspecified atom stereocenters. The highest BCUT2D eigenvalue weighted by molar-refractivity contribution is 5.78. The Bertz CT molecular complexity index is 517. The number of nitrogens with zero attached hydrogens (tertiary/aromatic N) is 1. The first-order chi connectivity index (χ1) is 11.0. The van der Waals surface area contributed by atoms with Gasteiger partial charge in [0.1, 0.15) is 0 Å². The number of carbonyl (C=O) groups excluding carboxylic acids is 3. The van der Waals surface area contributed by atoms with E-state index in [9.17, 15) is 14.4 Å². The molecule has 1 rings (SSSR count). The Hall–Kier alpha value is -2.37. The molecule has 0 heterocycles. The molecule has 0 aliphatic rings. The van der Waals surface area contributed by atoms with E-state index >= 15 is 0 Å². The van der Waals surface area contributed by atoms with E-state index in [1.807, 2.05) is 30.3 Å². The van der Waals surface area contributed by atoms with Gasteiger partial charge in [-0.05, 0) is 12.0 Å². The van der Waals surface area contributed by atoms with Crippen LogP contribution in [0.4, 0.5) is 0 Å². The molecule has 1 aromatic carbocycles. The zero-order valence-electron chi connectivity index (χ0n) is 13.8. The minimum absolute atomic E-state index is 0.0488. The lowest BCUT2D eigenvalue weighted by Gasteiger charge is -2.21. The van der Waals surface area contributed by atoms with E-state index in [0.717, 1.165) is 5.56 Å². The second-order valence-corrected chi connectivity index (χ2v) is 5.36. The Balaban J connectivity index is 2.28. The molecule has 0 radical (unpaired) electrons. The first-order valence-corrected chi connectivity index (χ1v) is 7.79. The monoisotopic (exact) mass is 319 g/mol. The summed E-state index contributed by atoms with van der Waals surface area (Å²) in [7, 11) is 0. The first kappa shape index (κ1) is 18.7. The van der Waals surface area contributed by atoms with Gasteiger partial charge >= 0.3 is 0 Å². The molecule has 0 atom stereocenters. The third kappa shape index (κ3) is 8.60. The van der Waals surface area contributed by atoms with Gasteiger partial charge in [-0.15, -0.1) is 0 Å². The minimum atomic E-state index is -0.0906. The van der Waals surface area contributed by atoms with Gasteiger partial charge in [-0.1, -0.05) is 30.3 Å². The number of rotatable bonds is 9. The second-order valence-electron chi connectivity index (χ2n) is 5.36. The lowest BCUT2D eigenvalue weighted by molar-refractivity contribution is -0.130. The van der Waals surface area contributed by atoms with Crippen molar-refractivity contribution in [3.05, 3.63) is 35.9 Å². The van der Waals surface area contributed by atoms with Crippen LogP contribution in [0.1, 0.15) is 32.3 Å². The van der Waals surface area contributed by atoms with Crippen molar-refractivity contribution in [3.63, 3.8) is 0 Å². The second kappa shape index (κ2) is 10.4. The molecule has 0 aliphatic heterocycles. The molecule has 126 valence electrons. The van der Waals surface area contributed by atoms with E-state index in [4.69, 9.17) is 0 Å². The van der Waals surface area contributed by atoms with Gasteiger partial charge in [0.15, 0.2) is 0 Å². The largest absolute Gasteiger partial charge is 0.356 e. The quantitative estimate of drug-likeness (QED) is 0.668. The highest BCUT2D eigenvalue weighted by Gasteiger charge is 2.11. The number of carbonyl (C=O) groups is 3. The molecule has 0 bridgehead atoms. The van der Waals surface area contributed by atoms with Gasteiger partial charge in [-0.25, -0.2) is 0 Å². The lowest BCUT2D eigenvalue weighted by Crippen LogP contribution is -2.34. The van der Waals surface area contributed by atoms with Crippen LogP contribution in [-0.2, 0) is 20.9 Å². The smallest absolute Gasteiger partial charge is 0.221 e. The fourth-order valence-electron chi connectivity index (χ4n) is 2.06. The summed E-state index contributed by atoms with van der Waals surface area (Å²) in [5.74, 6) is -0.214. The van der Waals surface area contributed by atoms with Crippen molar-refractivity contribution in [2.45, 2.75) is 33.2 Å². The average molecular weight is 319 g/mol. The van der Waals surface area contributed by atoms with Crippen molar-refractivity contribution in [2.24, 2.45) is 0 Å². The Morgan fingerprint density at radius 1 is 1.00 bits per heavy atom. The van der Waals surface area contributed by atoms with E-state index in [0.29, 0.717) is 32.6 Å². The molecular formula is C17H25N3O3. The molecule has 0 aliphatic carbocycles. The summed E-state index contributed by atoms with van der Waals surface area (Å²) in [4.78, 5) is 35.8. The first-order valence-electron chi connectivity index (χ1n) is 7.79. The molecule has 0 saturated heterocycles. The summed E-state index contributed by atoms with van der Waals surface area (Å²) in [5.41, 5.74) is 1.04. The molecule has 0 spiro atoms. The number of nitrogens with one attached hydrogen (secondary N) is 2. The lowest BCUT2D eigenvalue weighted by atomic mass is 10.2. The van der Waals surface area contributed by atoms with E-state index in [1.54, 1.807) is 4.90 Å². The maximum atomic E-state index is 11.8. The Labute approximate surface area is 137 Å². The Morgan fingerprint density at radius 3 is 2.26 bits per heavy atom. The van der Waals surface area contributed by atoms with Crippen LogP contribution in [0.3, 0.4) is 0 Å². The number of benzene rings is 1. The van der Waals surface area contributed by atoms with Crippen LogP contribution in [0.2, 0.25) is 0 Å². The Morgan fingerprint density at radius 2 is 1.65 bits per heavy atom. The van der Waals surface area contributed by atoms with Crippen LogP contribution in [-0.4, -0.2) is 42.3 Å². The highest BCUT2D eigenvalue weighted by Crippen LogP contribution is 2.05. The molecule has 0 fully saturated rings. The fraction of sp³-hybridized carbons (Fsp3) is 0.471. The van der Waals surface area contributed by atoms with E-state index in [2.05, 4.69) is 10.6 Å². The minimum Gasteiger partial charge on any atom is -0.356 e. The average Bonchev–Trinajstić information content (AvgIpc) is 2.51. The summed E-state index contributed by atoms with van der Waals surface area (Å²) < 4.78 is 0. The van der Waals surface area contributed by atoms with Gasteiger partial charge in [0.05, 0.1) is 0 Å². The normalized spacial score (nSPS) is 10.0. The third-order valence-electron chi connectivity index (χ3n) is 3.32. The van der Waals surface area contributed by atoms with Crippen LogP contribution >= 0.6 is 0 Å². The molecular weight excluding hydrogens is 294 g/mol. The maximum absolute atomic E-state index is 11.8. The van der Waals surface area contributed by atoms with Crippen molar-refractivity contribution < 1.29 is 14.4 Å². The molecule has 3 amide bonds. The zero-order valence-corrected chi connectivity index (χ0v) is 13.8. The van der Waals surface area contributed by atoms with Gasteiger partial charge in [-0.3, -0.25) is 14.4 Å². The topological polar surface area (TPSA) is 78.5 Å². The van der Waals surface area contributed by atoms with E-state index in [1.165, 1.54) is 13.8 Å². The molecule has 1 aromatic rings. The zero-order chi connectivity index (χ0) is 17.1. The van der Waals surface area contributed by atoms with Crippen molar-refractivity contribution in [2.75, 3.05) is 19.6 Å². The van der Waals surface area contributed by atoms with Gasteiger partial charge < -0.3 is 15.5 Å². The van der Waals surface area contributed by atoms with Crippen molar-refractivity contribution in [3.8, 4) is 0 Å². The summed E-state index contributed by atoms with van der Waals surface area (Å²) in [6.45, 7) is 4.92. The molecule has 2 N–H and O–H groups in total. The summed E-state index contributed by atoms with van der Waals surface area (Å²) in [6.07, 6.45) is 0.957. The van der Waals surface area contributed by atoms with E-state index in [-0.39, 0.29) is 24.1 Å². The highest BCUT2D eigenvalue weighted by atomic mass is 16.2. The molecule has 0 aromatic heterocycles. The van der Waals surface area contributed by atoms with Crippen molar-refractivity contribution >= 4 is 17.7 Å². The number of hydrogen-bond donors (Lipinski definition) is 2. The summed E-state index contributed by atoms with van der Waals surface area (Å²) in [5, 5.41) is 5.45. The fourth-order valence-corrected chi connectivity index (χ4v) is 2.06. The predicted molar refractivity (Wildman–Crippen MR) is 88.5 cm³/mol. The van der Waals surface area contributed by atoms with Gasteiger partial charge in [-0.2, -0.15) is 0 Å². The van der Waals surface area contributed by atoms with Gasteiger partial charge in [0, 0.05) is 46.4 Å². The molecule has 6 heteroatoms. The van der Waals surface area contributed by atoms with Crippen LogP contribution in [0.25, 0.3) is 0 Å². The van der Waals surface area contributed by atoms with Crippen molar-refractivity contribution in [1.82, 2.24) is 15.5 Å². The molecule has 6 nitrogen and oxygen atoms in total.